The van der Waals surface area contributed by atoms with Gasteiger partial charge in [-0.15, -0.1) is 0 Å². The van der Waals surface area contributed by atoms with Crippen LogP contribution >= 0.6 is 0 Å². The Balaban J connectivity index is 2.00. The third kappa shape index (κ3) is 6.10. The first-order chi connectivity index (χ1) is 13.5. The number of benzene rings is 2. The van der Waals surface area contributed by atoms with E-state index in [9.17, 15) is 22.4 Å². The Labute approximate surface area is 169 Å². The Hall–Kier alpha value is -2.78. The minimum Gasteiger partial charge on any atom is -0.449 e. The highest BCUT2D eigenvalue weighted by atomic mass is 32.2. The molecule has 2 aromatic carbocycles. The summed E-state index contributed by atoms with van der Waals surface area (Å²) in [5.41, 5.74) is 0.726. The molecule has 0 fully saturated rings. The third-order valence-electron chi connectivity index (χ3n) is 3.88. The first kappa shape index (κ1) is 22.5. The lowest BCUT2D eigenvalue weighted by molar-refractivity contribution is -0.123. The largest absolute Gasteiger partial charge is 0.449 e. The number of nitrogens with one attached hydrogen (secondary N) is 2. The fourth-order valence-corrected chi connectivity index (χ4v) is 3.59. The number of esters is 1. The molecule has 0 aliphatic carbocycles. The number of carbonyl (C=O) groups excluding carboxylic acids is 2. The van der Waals surface area contributed by atoms with E-state index < -0.39 is 33.8 Å². The van der Waals surface area contributed by atoms with Crippen LogP contribution in [0.15, 0.2) is 47.4 Å². The molecular weight excluding hydrogens is 399 g/mol. The molecule has 2 aromatic rings. The van der Waals surface area contributed by atoms with E-state index in [0.29, 0.717) is 11.3 Å². The number of rotatable bonds is 7. The van der Waals surface area contributed by atoms with E-state index in [4.69, 9.17) is 4.74 Å². The first-order valence-corrected chi connectivity index (χ1v) is 10.4. The van der Waals surface area contributed by atoms with Gasteiger partial charge in [0.05, 0.1) is 10.5 Å². The Morgan fingerprint density at radius 1 is 1.03 bits per heavy atom. The van der Waals surface area contributed by atoms with Gasteiger partial charge in [-0.2, -0.15) is 0 Å². The predicted molar refractivity (Wildman–Crippen MR) is 107 cm³/mol. The van der Waals surface area contributed by atoms with Crippen molar-refractivity contribution in [2.45, 2.75) is 44.7 Å². The molecule has 0 heterocycles. The Bertz CT molecular complexity index is 1000. The first-order valence-electron chi connectivity index (χ1n) is 8.90. The van der Waals surface area contributed by atoms with Crippen LogP contribution in [0.5, 0.6) is 0 Å². The van der Waals surface area contributed by atoms with Gasteiger partial charge >= 0.3 is 5.97 Å². The second kappa shape index (κ2) is 9.15. The summed E-state index contributed by atoms with van der Waals surface area (Å²) in [5.74, 6) is -1.98. The molecule has 0 saturated heterocycles. The molecule has 0 bridgehead atoms. The van der Waals surface area contributed by atoms with Crippen LogP contribution in [-0.2, 0) is 19.6 Å². The lowest BCUT2D eigenvalue weighted by atomic mass is 10.1. The molecule has 7 nitrogen and oxygen atoms in total. The molecule has 1 amide bonds. The SMILES string of the molecule is Cc1ccc(C(=O)OC(C)C(=O)Nc2ccc(S(=O)(=O)NC(C)C)cc2)cc1F. The van der Waals surface area contributed by atoms with Crippen molar-refractivity contribution >= 4 is 27.6 Å². The van der Waals surface area contributed by atoms with Gasteiger partial charge in [0.15, 0.2) is 6.10 Å². The Kier molecular flexibility index (Phi) is 7.10. The summed E-state index contributed by atoms with van der Waals surface area (Å²) >= 11 is 0. The Morgan fingerprint density at radius 3 is 2.21 bits per heavy atom. The summed E-state index contributed by atoms with van der Waals surface area (Å²) < 4.78 is 45.3. The number of anilines is 1. The van der Waals surface area contributed by atoms with Gasteiger partial charge in [0.25, 0.3) is 5.91 Å². The van der Waals surface area contributed by atoms with Crippen molar-refractivity contribution in [3.05, 3.63) is 59.4 Å². The second-order valence-corrected chi connectivity index (χ2v) is 8.52. The van der Waals surface area contributed by atoms with E-state index >= 15 is 0 Å². The highest BCUT2D eigenvalue weighted by Gasteiger charge is 2.20. The van der Waals surface area contributed by atoms with E-state index in [1.54, 1.807) is 20.8 Å². The van der Waals surface area contributed by atoms with E-state index in [1.165, 1.54) is 43.3 Å². The highest BCUT2D eigenvalue weighted by molar-refractivity contribution is 7.89. The van der Waals surface area contributed by atoms with Gasteiger partial charge in [-0.3, -0.25) is 4.79 Å². The van der Waals surface area contributed by atoms with Crippen LogP contribution < -0.4 is 10.0 Å². The average Bonchev–Trinajstić information content (AvgIpc) is 2.63. The van der Waals surface area contributed by atoms with Gasteiger partial charge < -0.3 is 10.1 Å². The zero-order valence-corrected chi connectivity index (χ0v) is 17.3. The molecule has 0 aromatic heterocycles. The van der Waals surface area contributed by atoms with Gasteiger partial charge in [-0.1, -0.05) is 6.07 Å². The zero-order valence-electron chi connectivity index (χ0n) is 16.5. The van der Waals surface area contributed by atoms with E-state index in [-0.39, 0.29) is 16.5 Å². The van der Waals surface area contributed by atoms with Crippen LogP contribution in [0.25, 0.3) is 0 Å². The Morgan fingerprint density at radius 2 is 1.66 bits per heavy atom. The fraction of sp³-hybridized carbons (Fsp3) is 0.300. The van der Waals surface area contributed by atoms with E-state index in [1.807, 2.05) is 0 Å². The molecule has 9 heteroatoms. The van der Waals surface area contributed by atoms with Crippen LogP contribution in [0.2, 0.25) is 0 Å². The lowest BCUT2D eigenvalue weighted by Crippen LogP contribution is -2.30. The monoisotopic (exact) mass is 422 g/mol. The van der Waals surface area contributed by atoms with Crippen molar-refractivity contribution in [3.63, 3.8) is 0 Å². The zero-order chi connectivity index (χ0) is 21.8. The van der Waals surface area contributed by atoms with Gasteiger partial charge in [0.2, 0.25) is 10.0 Å². The molecule has 0 saturated carbocycles. The quantitative estimate of drug-likeness (QED) is 0.668. The van der Waals surface area contributed by atoms with Gasteiger partial charge in [-0.25, -0.2) is 22.3 Å². The summed E-state index contributed by atoms with van der Waals surface area (Å²) in [5, 5.41) is 2.53. The maximum absolute atomic E-state index is 13.6. The van der Waals surface area contributed by atoms with Crippen molar-refractivity contribution in [1.29, 1.82) is 0 Å². The van der Waals surface area contributed by atoms with Crippen LogP contribution in [0.3, 0.4) is 0 Å². The molecule has 156 valence electrons. The standard InChI is InChI=1S/C20H23FN2O5S/c1-12(2)23-29(26,27)17-9-7-16(8-10-17)22-19(24)14(4)28-20(25)15-6-5-13(3)18(21)11-15/h5-12,14,23H,1-4H3,(H,22,24). The van der Waals surface area contributed by atoms with Crippen molar-refractivity contribution in [1.82, 2.24) is 4.72 Å². The summed E-state index contributed by atoms with van der Waals surface area (Å²) in [6, 6.07) is 9.21. The van der Waals surface area contributed by atoms with Gasteiger partial charge in [0, 0.05) is 11.7 Å². The number of sulfonamides is 1. The highest BCUT2D eigenvalue weighted by Crippen LogP contribution is 2.16. The summed E-state index contributed by atoms with van der Waals surface area (Å²) in [6.07, 6.45) is -1.14. The maximum Gasteiger partial charge on any atom is 0.339 e. The van der Waals surface area contributed by atoms with Crippen LogP contribution in [0, 0.1) is 12.7 Å². The predicted octanol–water partition coefficient (Wildman–Crippen LogP) is 3.00. The molecule has 0 spiro atoms. The summed E-state index contributed by atoms with van der Waals surface area (Å²) in [4.78, 5) is 24.4. The molecule has 29 heavy (non-hydrogen) atoms. The number of ether oxygens (including phenoxy) is 1. The minimum absolute atomic E-state index is 0.0000352. The molecule has 0 radical (unpaired) electrons. The number of hydrogen-bond donors (Lipinski definition) is 2. The van der Waals surface area contributed by atoms with Crippen LogP contribution in [-0.4, -0.2) is 32.4 Å². The second-order valence-electron chi connectivity index (χ2n) is 6.80. The number of amides is 1. The summed E-state index contributed by atoms with van der Waals surface area (Å²) in [6.45, 7) is 6.36. The smallest absolute Gasteiger partial charge is 0.339 e. The van der Waals surface area contributed by atoms with Crippen molar-refractivity contribution in [2.24, 2.45) is 0 Å². The lowest BCUT2D eigenvalue weighted by Gasteiger charge is -2.14. The van der Waals surface area contributed by atoms with Gasteiger partial charge in [0.1, 0.15) is 5.82 Å². The van der Waals surface area contributed by atoms with Gasteiger partial charge in [-0.05, 0) is 69.7 Å². The molecular formula is C20H23FN2O5S. The van der Waals surface area contributed by atoms with Crippen LogP contribution in [0.1, 0.15) is 36.7 Å². The fourth-order valence-electron chi connectivity index (χ4n) is 2.34. The molecule has 0 aliphatic rings. The van der Waals surface area contributed by atoms with Crippen molar-refractivity contribution in [2.75, 3.05) is 5.32 Å². The van der Waals surface area contributed by atoms with Crippen molar-refractivity contribution in [3.8, 4) is 0 Å². The minimum atomic E-state index is -3.64. The third-order valence-corrected chi connectivity index (χ3v) is 5.56. The number of carbonyl (C=O) groups is 2. The normalized spacial score (nSPS) is 12.5. The number of hydrogen-bond acceptors (Lipinski definition) is 5. The topological polar surface area (TPSA) is 102 Å². The number of halogens is 1. The molecule has 2 rings (SSSR count). The average molecular weight is 422 g/mol. The summed E-state index contributed by atoms with van der Waals surface area (Å²) in [7, 11) is -3.64. The molecule has 0 aliphatic heterocycles. The van der Waals surface area contributed by atoms with E-state index in [0.717, 1.165) is 6.07 Å². The maximum atomic E-state index is 13.6. The number of aryl methyl sites for hydroxylation is 1. The molecule has 1 unspecified atom stereocenters. The van der Waals surface area contributed by atoms with Crippen LogP contribution in [0.4, 0.5) is 10.1 Å². The van der Waals surface area contributed by atoms with E-state index in [2.05, 4.69) is 10.0 Å². The van der Waals surface area contributed by atoms with Crippen molar-refractivity contribution < 1.29 is 27.1 Å². The molecule has 1 atom stereocenters. The molecule has 2 N–H and O–H groups in total.